The SMILES string of the molecule is CCNC(c1cccc(N(C)C)c1)C1CC(C)CC(C)C1. The fourth-order valence-corrected chi connectivity index (χ4v) is 4.05. The molecule has 3 atom stereocenters. The van der Waals surface area contributed by atoms with Crippen LogP contribution < -0.4 is 10.2 Å². The van der Waals surface area contributed by atoms with Gasteiger partial charge in [-0.15, -0.1) is 0 Å². The van der Waals surface area contributed by atoms with Gasteiger partial charge in [-0.3, -0.25) is 0 Å². The highest BCUT2D eigenvalue weighted by Gasteiger charge is 2.30. The van der Waals surface area contributed by atoms with Crippen LogP contribution in [-0.2, 0) is 0 Å². The molecule has 0 aromatic heterocycles. The van der Waals surface area contributed by atoms with Crippen LogP contribution in [0.25, 0.3) is 0 Å². The molecule has 0 amide bonds. The van der Waals surface area contributed by atoms with E-state index >= 15 is 0 Å². The molecule has 1 aliphatic carbocycles. The Balaban J connectivity index is 2.23. The Labute approximate surface area is 130 Å². The number of hydrogen-bond donors (Lipinski definition) is 1. The van der Waals surface area contributed by atoms with Gasteiger partial charge in [0, 0.05) is 25.8 Å². The van der Waals surface area contributed by atoms with Gasteiger partial charge in [-0.1, -0.05) is 32.9 Å². The average molecular weight is 288 g/mol. The third kappa shape index (κ3) is 4.23. The molecule has 1 aromatic carbocycles. The molecule has 2 heteroatoms. The monoisotopic (exact) mass is 288 g/mol. The zero-order valence-electron chi connectivity index (χ0n) is 14.4. The van der Waals surface area contributed by atoms with Gasteiger partial charge >= 0.3 is 0 Å². The fourth-order valence-electron chi connectivity index (χ4n) is 4.05. The quantitative estimate of drug-likeness (QED) is 0.859. The molecule has 0 saturated heterocycles. The number of nitrogens with one attached hydrogen (secondary N) is 1. The van der Waals surface area contributed by atoms with Crippen molar-refractivity contribution in [3.8, 4) is 0 Å². The van der Waals surface area contributed by atoms with E-state index in [1.165, 1.54) is 30.5 Å². The minimum atomic E-state index is 0.500. The summed E-state index contributed by atoms with van der Waals surface area (Å²) >= 11 is 0. The Kier molecular flexibility index (Phi) is 5.69. The van der Waals surface area contributed by atoms with E-state index in [1.54, 1.807) is 0 Å². The summed E-state index contributed by atoms with van der Waals surface area (Å²) < 4.78 is 0. The van der Waals surface area contributed by atoms with Gasteiger partial charge < -0.3 is 10.2 Å². The van der Waals surface area contributed by atoms with E-state index in [4.69, 9.17) is 0 Å². The van der Waals surface area contributed by atoms with Crippen LogP contribution in [0.3, 0.4) is 0 Å². The molecule has 1 aromatic rings. The molecular weight excluding hydrogens is 256 g/mol. The molecule has 2 rings (SSSR count). The van der Waals surface area contributed by atoms with E-state index in [9.17, 15) is 0 Å². The maximum Gasteiger partial charge on any atom is 0.0364 e. The van der Waals surface area contributed by atoms with Gasteiger partial charge in [-0.05, 0) is 61.3 Å². The van der Waals surface area contributed by atoms with Gasteiger partial charge in [0.25, 0.3) is 0 Å². The zero-order valence-corrected chi connectivity index (χ0v) is 14.4. The first-order chi connectivity index (χ1) is 10.0. The minimum absolute atomic E-state index is 0.500. The summed E-state index contributed by atoms with van der Waals surface area (Å²) in [5.41, 5.74) is 2.75. The average Bonchev–Trinajstić information content (AvgIpc) is 2.43. The second kappa shape index (κ2) is 7.31. The number of nitrogens with zero attached hydrogens (tertiary/aromatic N) is 1. The van der Waals surface area contributed by atoms with Gasteiger partial charge in [-0.2, -0.15) is 0 Å². The molecule has 0 radical (unpaired) electrons. The van der Waals surface area contributed by atoms with Crippen molar-refractivity contribution in [2.75, 3.05) is 25.5 Å². The summed E-state index contributed by atoms with van der Waals surface area (Å²) in [5, 5.41) is 3.76. The first kappa shape index (κ1) is 16.4. The van der Waals surface area contributed by atoms with Crippen molar-refractivity contribution in [1.29, 1.82) is 0 Å². The fraction of sp³-hybridized carbons (Fsp3) is 0.684. The van der Waals surface area contributed by atoms with Crippen molar-refractivity contribution in [2.24, 2.45) is 17.8 Å². The van der Waals surface area contributed by atoms with Gasteiger partial charge in [0.15, 0.2) is 0 Å². The molecule has 3 unspecified atom stereocenters. The first-order valence-electron chi connectivity index (χ1n) is 8.51. The molecule has 118 valence electrons. The second-order valence-electron chi connectivity index (χ2n) is 7.20. The van der Waals surface area contributed by atoms with Gasteiger partial charge in [0.2, 0.25) is 0 Å². The van der Waals surface area contributed by atoms with Crippen molar-refractivity contribution in [2.45, 2.75) is 46.1 Å². The molecule has 1 N–H and O–H groups in total. The van der Waals surface area contributed by atoms with Crippen LogP contribution in [0, 0.1) is 17.8 Å². The molecule has 1 saturated carbocycles. The van der Waals surface area contributed by atoms with Crippen molar-refractivity contribution >= 4 is 5.69 Å². The Bertz CT molecular complexity index is 431. The van der Waals surface area contributed by atoms with Crippen LogP contribution in [0.2, 0.25) is 0 Å². The third-order valence-electron chi connectivity index (χ3n) is 4.86. The van der Waals surface area contributed by atoms with Crippen LogP contribution in [-0.4, -0.2) is 20.6 Å². The molecule has 0 heterocycles. The van der Waals surface area contributed by atoms with Crippen LogP contribution in [0.15, 0.2) is 24.3 Å². The molecule has 21 heavy (non-hydrogen) atoms. The highest BCUT2D eigenvalue weighted by atomic mass is 15.1. The van der Waals surface area contributed by atoms with Gasteiger partial charge in [-0.25, -0.2) is 0 Å². The molecule has 0 aliphatic heterocycles. The van der Waals surface area contributed by atoms with Gasteiger partial charge in [0.05, 0.1) is 0 Å². The smallest absolute Gasteiger partial charge is 0.0364 e. The van der Waals surface area contributed by atoms with E-state index in [1.807, 2.05) is 0 Å². The Morgan fingerprint density at radius 2 is 1.81 bits per heavy atom. The Hall–Kier alpha value is -1.02. The number of rotatable bonds is 5. The summed E-state index contributed by atoms with van der Waals surface area (Å²) in [6, 6.07) is 9.55. The highest BCUT2D eigenvalue weighted by molar-refractivity contribution is 5.48. The minimum Gasteiger partial charge on any atom is -0.378 e. The van der Waals surface area contributed by atoms with E-state index in [0.29, 0.717) is 6.04 Å². The molecule has 0 spiro atoms. The lowest BCUT2D eigenvalue weighted by Gasteiger charge is -2.37. The lowest BCUT2D eigenvalue weighted by molar-refractivity contribution is 0.177. The van der Waals surface area contributed by atoms with Crippen LogP contribution in [0.4, 0.5) is 5.69 Å². The van der Waals surface area contributed by atoms with Crippen molar-refractivity contribution < 1.29 is 0 Å². The summed E-state index contributed by atoms with van der Waals surface area (Å²) in [7, 11) is 4.23. The van der Waals surface area contributed by atoms with Crippen LogP contribution in [0.1, 0.15) is 51.6 Å². The first-order valence-corrected chi connectivity index (χ1v) is 8.51. The number of hydrogen-bond acceptors (Lipinski definition) is 2. The number of anilines is 1. The third-order valence-corrected chi connectivity index (χ3v) is 4.86. The maximum atomic E-state index is 3.76. The van der Waals surface area contributed by atoms with Crippen molar-refractivity contribution in [1.82, 2.24) is 5.32 Å². The van der Waals surface area contributed by atoms with Gasteiger partial charge in [0.1, 0.15) is 0 Å². The summed E-state index contributed by atoms with van der Waals surface area (Å²) in [6.45, 7) is 8.10. The molecule has 2 nitrogen and oxygen atoms in total. The molecular formula is C19H32N2. The Morgan fingerprint density at radius 1 is 1.14 bits per heavy atom. The van der Waals surface area contributed by atoms with E-state index in [-0.39, 0.29) is 0 Å². The zero-order chi connectivity index (χ0) is 15.4. The lowest BCUT2D eigenvalue weighted by Crippen LogP contribution is -2.33. The lowest BCUT2D eigenvalue weighted by atomic mass is 9.72. The summed E-state index contributed by atoms with van der Waals surface area (Å²) in [5.74, 6) is 2.48. The second-order valence-corrected chi connectivity index (χ2v) is 7.20. The largest absolute Gasteiger partial charge is 0.378 e. The topological polar surface area (TPSA) is 15.3 Å². The molecule has 1 aliphatic rings. The summed E-state index contributed by atoms with van der Waals surface area (Å²) in [4.78, 5) is 2.19. The van der Waals surface area contributed by atoms with Crippen LogP contribution >= 0.6 is 0 Å². The van der Waals surface area contributed by atoms with Crippen LogP contribution in [0.5, 0.6) is 0 Å². The normalized spacial score (nSPS) is 27.4. The maximum absolute atomic E-state index is 3.76. The van der Waals surface area contributed by atoms with E-state index < -0.39 is 0 Å². The number of benzene rings is 1. The summed E-state index contributed by atoms with van der Waals surface area (Å²) in [6.07, 6.45) is 4.11. The predicted molar refractivity (Wildman–Crippen MR) is 92.9 cm³/mol. The highest BCUT2D eigenvalue weighted by Crippen LogP contribution is 2.40. The molecule has 1 fully saturated rings. The Morgan fingerprint density at radius 3 is 2.38 bits per heavy atom. The standard InChI is InChI=1S/C19H32N2/c1-6-20-19(17-11-14(2)10-15(3)12-17)16-8-7-9-18(13-16)21(4)5/h7-9,13-15,17,19-20H,6,10-12H2,1-5H3. The molecule has 0 bridgehead atoms. The van der Waals surface area contributed by atoms with E-state index in [2.05, 4.69) is 69.3 Å². The predicted octanol–water partition coefficient (Wildman–Crippen LogP) is 4.48. The van der Waals surface area contributed by atoms with Crippen molar-refractivity contribution in [3.63, 3.8) is 0 Å². The van der Waals surface area contributed by atoms with Crippen molar-refractivity contribution in [3.05, 3.63) is 29.8 Å². The van der Waals surface area contributed by atoms with E-state index in [0.717, 1.165) is 24.3 Å².